The third kappa shape index (κ3) is 4.48. The average Bonchev–Trinajstić information content (AvgIpc) is 3.57. The zero-order valence-corrected chi connectivity index (χ0v) is 19.8. The minimum atomic E-state index is -0.417. The number of fused-ring (bicyclic) bond motifs is 1. The van der Waals surface area contributed by atoms with Crippen molar-refractivity contribution >= 4 is 34.7 Å². The van der Waals surface area contributed by atoms with Crippen LogP contribution >= 0.6 is 0 Å². The third-order valence-corrected chi connectivity index (χ3v) is 6.07. The molecule has 6 rings (SSSR count). The molecule has 2 fully saturated rings. The molecule has 0 bridgehead atoms. The summed E-state index contributed by atoms with van der Waals surface area (Å²) in [6, 6.07) is 5.88. The van der Waals surface area contributed by atoms with Crippen LogP contribution in [0.3, 0.4) is 0 Å². The Morgan fingerprint density at radius 1 is 0.972 bits per heavy atom. The maximum absolute atomic E-state index is 13.2. The number of anilines is 3. The molecule has 1 amide bonds. The van der Waals surface area contributed by atoms with E-state index in [-0.39, 0.29) is 5.69 Å². The lowest BCUT2D eigenvalue weighted by molar-refractivity contribution is 0.102. The molecule has 0 aromatic carbocycles. The van der Waals surface area contributed by atoms with E-state index in [9.17, 15) is 4.79 Å². The number of nitrogens with zero attached hydrogens (tertiary/aromatic N) is 6. The van der Waals surface area contributed by atoms with Gasteiger partial charge in [-0.1, -0.05) is 0 Å². The summed E-state index contributed by atoms with van der Waals surface area (Å²) >= 11 is 0. The fourth-order valence-electron chi connectivity index (χ4n) is 4.22. The number of nitrogens with one attached hydrogen (secondary N) is 1. The van der Waals surface area contributed by atoms with Gasteiger partial charge in [-0.3, -0.25) is 9.78 Å². The van der Waals surface area contributed by atoms with Crippen LogP contribution in [0.5, 0.6) is 0 Å². The lowest BCUT2D eigenvalue weighted by Crippen LogP contribution is -2.37. The van der Waals surface area contributed by atoms with Crippen LogP contribution in [0.1, 0.15) is 16.2 Å². The van der Waals surface area contributed by atoms with Crippen LogP contribution in [0.4, 0.5) is 17.5 Å². The molecule has 0 unspecified atom stereocenters. The predicted molar refractivity (Wildman–Crippen MR) is 130 cm³/mol. The van der Waals surface area contributed by atoms with Crippen LogP contribution in [-0.2, 0) is 9.47 Å². The van der Waals surface area contributed by atoms with Crippen molar-refractivity contribution in [3.8, 4) is 11.5 Å². The average molecular weight is 492 g/mol. The Bertz CT molecular complexity index is 1390. The first-order valence-electron chi connectivity index (χ1n) is 11.8. The molecule has 6 heterocycles. The molecule has 0 aliphatic carbocycles. The zero-order valence-electron chi connectivity index (χ0n) is 19.8. The van der Waals surface area contributed by atoms with Gasteiger partial charge in [0, 0.05) is 49.7 Å². The van der Waals surface area contributed by atoms with Crippen molar-refractivity contribution in [3.63, 3.8) is 0 Å². The second kappa shape index (κ2) is 9.55. The van der Waals surface area contributed by atoms with Gasteiger partial charge in [-0.15, -0.1) is 0 Å². The molecule has 2 saturated heterocycles. The van der Waals surface area contributed by atoms with Crippen LogP contribution in [0.15, 0.2) is 39.5 Å². The van der Waals surface area contributed by atoms with E-state index in [2.05, 4.69) is 25.2 Å². The van der Waals surface area contributed by atoms with E-state index in [4.69, 9.17) is 23.3 Å². The van der Waals surface area contributed by atoms with Gasteiger partial charge in [-0.05, 0) is 19.1 Å². The Kier molecular flexibility index (Phi) is 5.95. The van der Waals surface area contributed by atoms with Crippen LogP contribution in [-0.4, -0.2) is 78.4 Å². The van der Waals surface area contributed by atoms with Gasteiger partial charge in [-0.2, -0.15) is 4.98 Å². The van der Waals surface area contributed by atoms with Gasteiger partial charge in [0.2, 0.25) is 11.5 Å². The lowest BCUT2D eigenvalue weighted by Gasteiger charge is -2.29. The summed E-state index contributed by atoms with van der Waals surface area (Å²) in [6.07, 6.45) is 3.01. The van der Waals surface area contributed by atoms with Crippen molar-refractivity contribution in [1.29, 1.82) is 0 Å². The molecule has 2 aliphatic rings. The van der Waals surface area contributed by atoms with Crippen LogP contribution < -0.4 is 15.1 Å². The Morgan fingerprint density at radius 2 is 1.72 bits per heavy atom. The number of ether oxygens (including phenoxy) is 2. The first-order valence-corrected chi connectivity index (χ1v) is 11.8. The number of aromatic nitrogens is 4. The van der Waals surface area contributed by atoms with E-state index in [0.717, 1.165) is 11.3 Å². The maximum Gasteiger partial charge on any atom is 0.300 e. The van der Waals surface area contributed by atoms with Gasteiger partial charge in [0.05, 0.1) is 32.1 Å². The van der Waals surface area contributed by atoms with Crippen molar-refractivity contribution < 1.29 is 23.1 Å². The number of oxazole rings is 2. The second-order valence-electron chi connectivity index (χ2n) is 8.55. The summed E-state index contributed by atoms with van der Waals surface area (Å²) in [5.74, 6) is 0.534. The Morgan fingerprint density at radius 3 is 2.47 bits per heavy atom. The first-order chi connectivity index (χ1) is 17.6. The van der Waals surface area contributed by atoms with Gasteiger partial charge in [0.25, 0.3) is 11.9 Å². The van der Waals surface area contributed by atoms with Gasteiger partial charge >= 0.3 is 0 Å². The Hall–Kier alpha value is -4.03. The first kappa shape index (κ1) is 22.4. The van der Waals surface area contributed by atoms with Crippen molar-refractivity contribution in [2.24, 2.45) is 0 Å². The van der Waals surface area contributed by atoms with E-state index in [1.807, 2.05) is 17.9 Å². The molecule has 0 spiro atoms. The number of carbonyl (C=O) groups excluding carboxylic acids is 1. The Labute approximate surface area is 206 Å². The minimum absolute atomic E-state index is 0.152. The van der Waals surface area contributed by atoms with E-state index in [1.165, 1.54) is 6.26 Å². The molecule has 12 heteroatoms. The number of amides is 1. The van der Waals surface area contributed by atoms with Crippen molar-refractivity contribution in [1.82, 2.24) is 19.9 Å². The number of pyridine rings is 2. The topological polar surface area (TPSA) is 132 Å². The van der Waals surface area contributed by atoms with Crippen molar-refractivity contribution in [2.75, 3.05) is 67.7 Å². The predicted octanol–water partition coefficient (Wildman–Crippen LogP) is 2.51. The maximum atomic E-state index is 13.2. The van der Waals surface area contributed by atoms with Crippen molar-refractivity contribution in [2.45, 2.75) is 6.92 Å². The summed E-state index contributed by atoms with van der Waals surface area (Å²) in [6.45, 7) is 6.93. The molecule has 0 radical (unpaired) electrons. The van der Waals surface area contributed by atoms with Gasteiger partial charge in [0.15, 0.2) is 17.1 Å². The molecular formula is C24H25N7O5. The molecule has 2 aliphatic heterocycles. The lowest BCUT2D eigenvalue weighted by atomic mass is 10.2. The van der Waals surface area contributed by atoms with E-state index < -0.39 is 5.91 Å². The molecule has 0 saturated carbocycles. The SMILES string of the molecule is Cc1cc(-c2nc(C(=O)Nc3cc4oc(N5CCOCC5)nc4nc3N3CCOCC3)co2)ccn1. The number of morpholine rings is 2. The fraction of sp³-hybridized carbons (Fsp3) is 0.375. The molecular weight excluding hydrogens is 466 g/mol. The molecule has 186 valence electrons. The smallest absolute Gasteiger partial charge is 0.300 e. The minimum Gasteiger partial charge on any atom is -0.444 e. The second-order valence-corrected chi connectivity index (χ2v) is 8.55. The van der Waals surface area contributed by atoms with E-state index in [0.29, 0.717) is 87.2 Å². The summed E-state index contributed by atoms with van der Waals surface area (Å²) in [5, 5.41) is 2.94. The van der Waals surface area contributed by atoms with Crippen LogP contribution in [0.2, 0.25) is 0 Å². The Balaban J connectivity index is 1.31. The highest BCUT2D eigenvalue weighted by Crippen LogP contribution is 2.32. The highest BCUT2D eigenvalue weighted by molar-refractivity contribution is 6.05. The molecule has 1 N–H and O–H groups in total. The molecule has 36 heavy (non-hydrogen) atoms. The number of hydrogen-bond donors (Lipinski definition) is 1. The summed E-state index contributed by atoms with van der Waals surface area (Å²) in [4.78, 5) is 35.2. The number of carbonyl (C=O) groups is 1. The van der Waals surface area contributed by atoms with Crippen molar-refractivity contribution in [3.05, 3.63) is 42.0 Å². The zero-order chi connectivity index (χ0) is 24.5. The van der Waals surface area contributed by atoms with Crippen LogP contribution in [0, 0.1) is 6.92 Å². The molecule has 4 aromatic heterocycles. The number of aryl methyl sites for hydroxylation is 1. The van der Waals surface area contributed by atoms with Gasteiger partial charge in [0.1, 0.15) is 6.26 Å². The molecule has 12 nitrogen and oxygen atoms in total. The summed E-state index contributed by atoms with van der Waals surface area (Å²) < 4.78 is 22.5. The molecule has 4 aromatic rings. The van der Waals surface area contributed by atoms with E-state index in [1.54, 1.807) is 18.3 Å². The molecule has 0 atom stereocenters. The standard InChI is InChI=1S/C24H25N7O5/c1-15-12-16(2-3-25-15)23-27-18(14-35-23)22(32)26-17-13-19-20(28-21(17)30-4-8-33-9-5-30)29-24(36-19)31-6-10-34-11-7-31/h2-3,12-14H,4-11H2,1H3,(H,26,32). The number of hydrogen-bond acceptors (Lipinski definition) is 11. The van der Waals surface area contributed by atoms with E-state index >= 15 is 0 Å². The third-order valence-electron chi connectivity index (χ3n) is 6.07. The quantitative estimate of drug-likeness (QED) is 0.442. The number of rotatable bonds is 5. The highest BCUT2D eigenvalue weighted by atomic mass is 16.5. The normalized spacial score (nSPS) is 16.5. The van der Waals surface area contributed by atoms with Gasteiger partial charge in [-0.25, -0.2) is 9.97 Å². The van der Waals surface area contributed by atoms with Crippen LogP contribution in [0.25, 0.3) is 22.7 Å². The summed E-state index contributed by atoms with van der Waals surface area (Å²) in [5.41, 5.74) is 3.19. The monoisotopic (exact) mass is 491 g/mol. The fourth-order valence-corrected chi connectivity index (χ4v) is 4.22. The highest BCUT2D eigenvalue weighted by Gasteiger charge is 2.24. The van der Waals surface area contributed by atoms with Gasteiger partial charge < -0.3 is 33.4 Å². The largest absolute Gasteiger partial charge is 0.444 e. The summed E-state index contributed by atoms with van der Waals surface area (Å²) in [7, 11) is 0.